The Morgan fingerprint density at radius 2 is 2.29 bits per heavy atom. The van der Waals surface area contributed by atoms with Gasteiger partial charge < -0.3 is 9.47 Å². The maximum Gasteiger partial charge on any atom is 0.268 e. The number of amides is 1. The summed E-state index contributed by atoms with van der Waals surface area (Å²) in [6.45, 7) is 2.56. The lowest BCUT2D eigenvalue weighted by atomic mass is 10.1. The van der Waals surface area contributed by atoms with Crippen LogP contribution in [0.1, 0.15) is 18.9 Å². The Morgan fingerprint density at radius 1 is 1.46 bits per heavy atom. The molecule has 124 valence electrons. The molecule has 1 aromatic heterocycles. The van der Waals surface area contributed by atoms with E-state index in [1.165, 1.54) is 17.4 Å². The number of carbonyl (C=O) groups is 1. The van der Waals surface area contributed by atoms with Crippen LogP contribution in [0.15, 0.2) is 35.3 Å². The van der Waals surface area contributed by atoms with Crippen LogP contribution in [0, 0.1) is 11.3 Å². The molecule has 0 spiro atoms. The minimum Gasteiger partial charge on any atom is -0.493 e. The van der Waals surface area contributed by atoms with Crippen LogP contribution < -0.4 is 14.8 Å². The molecule has 1 aromatic carbocycles. The van der Waals surface area contributed by atoms with Gasteiger partial charge in [-0.3, -0.25) is 10.1 Å². The Morgan fingerprint density at radius 3 is 2.92 bits per heavy atom. The molecule has 0 saturated carbocycles. The first-order valence-corrected chi connectivity index (χ1v) is 8.19. The summed E-state index contributed by atoms with van der Waals surface area (Å²) in [7, 11) is 1.56. The summed E-state index contributed by atoms with van der Waals surface area (Å²) in [6, 6.07) is 7.14. The molecule has 0 unspecified atom stereocenters. The number of thiazole rings is 1. The van der Waals surface area contributed by atoms with Gasteiger partial charge in [-0.05, 0) is 30.2 Å². The lowest BCUT2D eigenvalue weighted by molar-refractivity contribution is -0.112. The number of rotatable bonds is 7. The Balaban J connectivity index is 2.23. The number of nitriles is 1. The lowest BCUT2D eigenvalue weighted by Gasteiger charge is -2.10. The number of benzene rings is 1. The van der Waals surface area contributed by atoms with E-state index in [0.717, 1.165) is 6.42 Å². The first-order chi connectivity index (χ1) is 11.7. The summed E-state index contributed by atoms with van der Waals surface area (Å²) in [5.41, 5.74) is 0.657. The van der Waals surface area contributed by atoms with E-state index in [-0.39, 0.29) is 5.57 Å². The van der Waals surface area contributed by atoms with Gasteiger partial charge in [0.05, 0.1) is 13.7 Å². The van der Waals surface area contributed by atoms with Crippen LogP contribution in [0.4, 0.5) is 5.13 Å². The average Bonchev–Trinajstić information content (AvgIpc) is 3.10. The van der Waals surface area contributed by atoms with Gasteiger partial charge in [0.25, 0.3) is 5.91 Å². The molecule has 0 fully saturated rings. The first-order valence-electron chi connectivity index (χ1n) is 7.31. The Hall–Kier alpha value is -2.85. The quantitative estimate of drug-likeness (QED) is 0.614. The van der Waals surface area contributed by atoms with E-state index in [1.807, 2.05) is 13.0 Å². The van der Waals surface area contributed by atoms with E-state index in [4.69, 9.17) is 9.47 Å². The number of ether oxygens (including phenoxy) is 2. The molecule has 2 rings (SSSR count). The number of hydrogen-bond donors (Lipinski definition) is 1. The van der Waals surface area contributed by atoms with Crippen LogP contribution in [0.3, 0.4) is 0 Å². The van der Waals surface area contributed by atoms with Gasteiger partial charge in [-0.2, -0.15) is 5.26 Å². The second-order valence-electron chi connectivity index (χ2n) is 4.72. The first kappa shape index (κ1) is 17.5. The van der Waals surface area contributed by atoms with Gasteiger partial charge in [-0.15, -0.1) is 11.3 Å². The molecule has 1 heterocycles. The molecule has 24 heavy (non-hydrogen) atoms. The lowest BCUT2D eigenvalue weighted by Crippen LogP contribution is -2.13. The van der Waals surface area contributed by atoms with Gasteiger partial charge in [0.15, 0.2) is 16.6 Å². The van der Waals surface area contributed by atoms with Gasteiger partial charge in [0.1, 0.15) is 11.6 Å². The maximum atomic E-state index is 12.1. The molecular formula is C17H17N3O3S. The third-order valence-electron chi connectivity index (χ3n) is 2.98. The van der Waals surface area contributed by atoms with Crippen LogP contribution in [0.2, 0.25) is 0 Å². The second-order valence-corrected chi connectivity index (χ2v) is 5.61. The summed E-state index contributed by atoms with van der Waals surface area (Å²) < 4.78 is 10.9. The molecule has 7 heteroatoms. The van der Waals surface area contributed by atoms with Crippen LogP contribution in [-0.4, -0.2) is 24.6 Å². The van der Waals surface area contributed by atoms with Crippen molar-refractivity contribution in [1.82, 2.24) is 4.98 Å². The van der Waals surface area contributed by atoms with Crippen molar-refractivity contribution in [2.45, 2.75) is 13.3 Å². The smallest absolute Gasteiger partial charge is 0.268 e. The van der Waals surface area contributed by atoms with Gasteiger partial charge >= 0.3 is 0 Å². The molecule has 0 aliphatic carbocycles. The third kappa shape index (κ3) is 4.57. The van der Waals surface area contributed by atoms with Crippen molar-refractivity contribution < 1.29 is 14.3 Å². The minimum atomic E-state index is -0.501. The Labute approximate surface area is 144 Å². The molecule has 0 aliphatic heterocycles. The molecule has 0 bridgehead atoms. The van der Waals surface area contributed by atoms with Crippen molar-refractivity contribution in [3.05, 3.63) is 40.9 Å². The van der Waals surface area contributed by atoms with E-state index in [2.05, 4.69) is 10.3 Å². The van der Waals surface area contributed by atoms with Crippen molar-refractivity contribution >= 4 is 28.5 Å². The monoisotopic (exact) mass is 343 g/mol. The normalized spacial score (nSPS) is 10.8. The minimum absolute atomic E-state index is 0.0168. The number of nitrogens with one attached hydrogen (secondary N) is 1. The average molecular weight is 343 g/mol. The van der Waals surface area contributed by atoms with Gasteiger partial charge in [-0.25, -0.2) is 4.98 Å². The predicted molar refractivity (Wildman–Crippen MR) is 93.1 cm³/mol. The predicted octanol–water partition coefficient (Wildman–Crippen LogP) is 3.49. The number of hydrogen-bond acceptors (Lipinski definition) is 6. The molecular weight excluding hydrogens is 326 g/mol. The number of methoxy groups -OCH3 is 1. The number of nitrogens with zero attached hydrogens (tertiary/aromatic N) is 2. The summed E-state index contributed by atoms with van der Waals surface area (Å²) >= 11 is 1.29. The molecule has 0 atom stereocenters. The van der Waals surface area contributed by atoms with Crippen molar-refractivity contribution in [2.24, 2.45) is 0 Å². The van der Waals surface area contributed by atoms with Gasteiger partial charge in [-0.1, -0.05) is 13.0 Å². The summed E-state index contributed by atoms with van der Waals surface area (Å²) in [6.07, 6.45) is 3.95. The summed E-state index contributed by atoms with van der Waals surface area (Å²) in [5, 5.41) is 14.0. The molecule has 0 radical (unpaired) electrons. The molecule has 0 saturated heterocycles. The van der Waals surface area contributed by atoms with E-state index >= 15 is 0 Å². The Kier molecular flexibility index (Phi) is 6.34. The zero-order valence-corrected chi connectivity index (χ0v) is 14.2. The Bertz CT molecular complexity index is 764. The number of carbonyl (C=O) groups excluding carboxylic acids is 1. The highest BCUT2D eigenvalue weighted by Gasteiger charge is 2.12. The van der Waals surface area contributed by atoms with Crippen molar-refractivity contribution in [2.75, 3.05) is 19.0 Å². The van der Waals surface area contributed by atoms with Crippen LogP contribution >= 0.6 is 11.3 Å². The highest BCUT2D eigenvalue weighted by Crippen LogP contribution is 2.29. The third-order valence-corrected chi connectivity index (χ3v) is 3.67. The van der Waals surface area contributed by atoms with Gasteiger partial charge in [0, 0.05) is 11.6 Å². The van der Waals surface area contributed by atoms with Crippen LogP contribution in [0.5, 0.6) is 11.5 Å². The molecule has 6 nitrogen and oxygen atoms in total. The fourth-order valence-corrected chi connectivity index (χ4v) is 2.40. The fourth-order valence-electron chi connectivity index (χ4n) is 1.87. The van der Waals surface area contributed by atoms with Crippen LogP contribution in [-0.2, 0) is 4.79 Å². The standard InChI is InChI=1S/C17H17N3O3S/c1-3-7-23-15-10-12(4-5-14(15)22-2)9-13(11-18)16(21)20-17-19-6-8-24-17/h4-6,8-10H,3,7H2,1-2H3,(H,19,20,21)/b13-9+. The van der Waals surface area contributed by atoms with Crippen molar-refractivity contribution in [3.63, 3.8) is 0 Å². The van der Waals surface area contributed by atoms with E-state index in [9.17, 15) is 10.1 Å². The van der Waals surface area contributed by atoms with E-state index < -0.39 is 5.91 Å². The molecule has 2 aromatic rings. The van der Waals surface area contributed by atoms with Crippen molar-refractivity contribution in [1.29, 1.82) is 5.26 Å². The summed E-state index contributed by atoms with van der Waals surface area (Å²) in [5.74, 6) is 0.677. The topological polar surface area (TPSA) is 84.2 Å². The van der Waals surface area contributed by atoms with Crippen molar-refractivity contribution in [3.8, 4) is 17.6 Å². The van der Waals surface area contributed by atoms with E-state index in [0.29, 0.717) is 28.8 Å². The zero-order valence-electron chi connectivity index (χ0n) is 13.4. The zero-order chi connectivity index (χ0) is 17.4. The van der Waals surface area contributed by atoms with Crippen LogP contribution in [0.25, 0.3) is 6.08 Å². The largest absolute Gasteiger partial charge is 0.493 e. The maximum absolute atomic E-state index is 12.1. The molecule has 0 aliphatic rings. The SMILES string of the molecule is CCCOc1cc(/C=C(\C#N)C(=O)Nc2nccs2)ccc1OC. The fraction of sp³-hybridized carbons (Fsp3) is 0.235. The van der Waals surface area contributed by atoms with Gasteiger partial charge in [0.2, 0.25) is 0 Å². The highest BCUT2D eigenvalue weighted by atomic mass is 32.1. The number of aromatic nitrogens is 1. The highest BCUT2D eigenvalue weighted by molar-refractivity contribution is 7.13. The summed E-state index contributed by atoms with van der Waals surface area (Å²) in [4.78, 5) is 16.1. The number of anilines is 1. The van der Waals surface area contributed by atoms with E-state index in [1.54, 1.807) is 36.9 Å². The second kappa shape index (κ2) is 8.70. The molecule has 1 amide bonds. The molecule has 1 N–H and O–H groups in total.